The summed E-state index contributed by atoms with van der Waals surface area (Å²) in [5, 5.41) is 4.71. The maximum Gasteiger partial charge on any atom is 0.119 e. The number of nitrogens with one attached hydrogen (secondary N) is 2. The van der Waals surface area contributed by atoms with E-state index in [1.165, 1.54) is 22.0 Å². The normalized spacial score (nSPS) is 10.7. The molecule has 0 fully saturated rings. The third-order valence-corrected chi connectivity index (χ3v) is 3.54. The van der Waals surface area contributed by atoms with Gasteiger partial charge in [0.2, 0.25) is 0 Å². The molecule has 0 amide bonds. The number of hydrogen-bond acceptors (Lipinski definition) is 2. The highest BCUT2D eigenvalue weighted by Gasteiger charge is 2.01. The fourth-order valence-electron chi connectivity index (χ4n) is 2.36. The third kappa shape index (κ3) is 2.48. The van der Waals surface area contributed by atoms with E-state index in [2.05, 4.69) is 47.6 Å². The van der Waals surface area contributed by atoms with Gasteiger partial charge in [-0.05, 0) is 53.8 Å². The number of rotatable bonds is 4. The van der Waals surface area contributed by atoms with E-state index < -0.39 is 0 Å². The van der Waals surface area contributed by atoms with E-state index in [4.69, 9.17) is 4.74 Å². The molecule has 3 heteroatoms. The van der Waals surface area contributed by atoms with E-state index in [1.807, 2.05) is 18.3 Å². The quantitative estimate of drug-likeness (QED) is 0.746. The van der Waals surface area contributed by atoms with Crippen molar-refractivity contribution in [3.8, 4) is 5.75 Å². The Bertz CT molecular complexity index is 731. The van der Waals surface area contributed by atoms with Crippen LogP contribution < -0.4 is 10.1 Å². The van der Waals surface area contributed by atoms with Gasteiger partial charge in [0.15, 0.2) is 0 Å². The fraction of sp³-hybridized carbons (Fsp3) is 0.176. The highest BCUT2D eigenvalue weighted by Crippen LogP contribution is 2.22. The Labute approximate surface area is 118 Å². The minimum atomic E-state index is 0.808. The minimum absolute atomic E-state index is 0.808. The van der Waals surface area contributed by atoms with Crippen LogP contribution in [0.4, 0.5) is 5.69 Å². The van der Waals surface area contributed by atoms with Gasteiger partial charge in [0.25, 0.3) is 0 Å². The van der Waals surface area contributed by atoms with Crippen LogP contribution in [0.2, 0.25) is 0 Å². The Hall–Kier alpha value is -2.42. The van der Waals surface area contributed by atoms with Crippen molar-refractivity contribution in [3.63, 3.8) is 0 Å². The molecule has 0 bridgehead atoms. The van der Waals surface area contributed by atoms with Crippen molar-refractivity contribution in [1.29, 1.82) is 0 Å². The van der Waals surface area contributed by atoms with Crippen molar-refractivity contribution in [3.05, 3.63) is 59.8 Å². The standard InChI is InChI=1S/C17H18N2O/c1-12-9-15(20-2)5-6-16(12)19-11-13-3-4-14-7-8-18-17(14)10-13/h3-10,18-19H,11H2,1-2H3. The number of hydrogen-bond donors (Lipinski definition) is 2. The van der Waals surface area contributed by atoms with Gasteiger partial charge in [-0.25, -0.2) is 0 Å². The number of ether oxygens (including phenoxy) is 1. The Kier molecular flexibility index (Phi) is 3.33. The van der Waals surface area contributed by atoms with Gasteiger partial charge in [-0.1, -0.05) is 12.1 Å². The van der Waals surface area contributed by atoms with Crippen molar-refractivity contribution in [2.24, 2.45) is 0 Å². The first kappa shape index (κ1) is 12.6. The molecule has 0 aliphatic carbocycles. The number of aromatic amines is 1. The zero-order valence-corrected chi connectivity index (χ0v) is 11.7. The first-order valence-corrected chi connectivity index (χ1v) is 6.71. The summed E-state index contributed by atoms with van der Waals surface area (Å²) < 4.78 is 5.22. The van der Waals surface area contributed by atoms with Crippen LogP contribution in [-0.2, 0) is 6.54 Å². The van der Waals surface area contributed by atoms with Gasteiger partial charge in [-0.2, -0.15) is 0 Å². The molecule has 0 saturated heterocycles. The number of H-pyrrole nitrogens is 1. The number of methoxy groups -OCH3 is 1. The minimum Gasteiger partial charge on any atom is -0.497 e. The highest BCUT2D eigenvalue weighted by atomic mass is 16.5. The first-order chi connectivity index (χ1) is 9.76. The Morgan fingerprint density at radius 3 is 2.80 bits per heavy atom. The Balaban J connectivity index is 1.75. The van der Waals surface area contributed by atoms with Crippen molar-refractivity contribution < 1.29 is 4.74 Å². The predicted octanol–water partition coefficient (Wildman–Crippen LogP) is 4.10. The first-order valence-electron chi connectivity index (χ1n) is 6.71. The summed E-state index contributed by atoms with van der Waals surface area (Å²) in [5.74, 6) is 0.890. The van der Waals surface area contributed by atoms with Crippen LogP contribution in [0.3, 0.4) is 0 Å². The molecule has 3 aromatic rings. The molecule has 3 nitrogen and oxygen atoms in total. The lowest BCUT2D eigenvalue weighted by atomic mass is 10.1. The van der Waals surface area contributed by atoms with Crippen molar-refractivity contribution >= 4 is 16.6 Å². The summed E-state index contributed by atoms with van der Waals surface area (Å²) in [5.41, 5.74) is 4.76. The SMILES string of the molecule is COc1ccc(NCc2ccc3cc[nH]c3c2)c(C)c1. The molecule has 0 spiro atoms. The number of fused-ring (bicyclic) bond motifs is 1. The zero-order valence-electron chi connectivity index (χ0n) is 11.7. The average Bonchev–Trinajstić information content (AvgIpc) is 2.93. The molecule has 0 aliphatic rings. The molecular formula is C17H18N2O. The average molecular weight is 266 g/mol. The molecule has 102 valence electrons. The van der Waals surface area contributed by atoms with Crippen LogP contribution in [0, 0.1) is 6.92 Å². The summed E-state index contributed by atoms with van der Waals surface area (Å²) in [4.78, 5) is 3.24. The van der Waals surface area contributed by atoms with Gasteiger partial charge in [0.05, 0.1) is 7.11 Å². The summed E-state index contributed by atoms with van der Waals surface area (Å²) >= 11 is 0. The van der Waals surface area contributed by atoms with E-state index in [9.17, 15) is 0 Å². The fourth-order valence-corrected chi connectivity index (χ4v) is 2.36. The lowest BCUT2D eigenvalue weighted by Gasteiger charge is -2.11. The van der Waals surface area contributed by atoms with Gasteiger partial charge >= 0.3 is 0 Å². The molecule has 0 atom stereocenters. The van der Waals surface area contributed by atoms with Gasteiger partial charge < -0.3 is 15.0 Å². The van der Waals surface area contributed by atoms with Gasteiger partial charge in [0, 0.05) is 23.9 Å². The molecule has 2 N–H and O–H groups in total. The van der Waals surface area contributed by atoms with Crippen LogP contribution in [0.15, 0.2) is 48.7 Å². The third-order valence-electron chi connectivity index (χ3n) is 3.54. The maximum absolute atomic E-state index is 5.22. The second-order valence-corrected chi connectivity index (χ2v) is 4.93. The molecular weight excluding hydrogens is 248 g/mol. The molecule has 3 rings (SSSR count). The summed E-state index contributed by atoms with van der Waals surface area (Å²) in [6, 6.07) is 14.6. The van der Waals surface area contributed by atoms with Gasteiger partial charge in [0.1, 0.15) is 5.75 Å². The van der Waals surface area contributed by atoms with Crippen LogP contribution in [-0.4, -0.2) is 12.1 Å². The molecule has 0 saturated carbocycles. The molecule has 0 unspecified atom stereocenters. The largest absolute Gasteiger partial charge is 0.497 e. The number of aryl methyl sites for hydroxylation is 1. The van der Waals surface area contributed by atoms with Crippen molar-refractivity contribution in [2.75, 3.05) is 12.4 Å². The number of anilines is 1. The van der Waals surface area contributed by atoms with Crippen LogP contribution >= 0.6 is 0 Å². The smallest absolute Gasteiger partial charge is 0.119 e. The topological polar surface area (TPSA) is 37.0 Å². The van der Waals surface area contributed by atoms with Crippen LogP contribution in [0.5, 0.6) is 5.75 Å². The monoisotopic (exact) mass is 266 g/mol. The van der Waals surface area contributed by atoms with E-state index >= 15 is 0 Å². The molecule has 1 aromatic heterocycles. The Morgan fingerprint density at radius 1 is 1.10 bits per heavy atom. The lowest BCUT2D eigenvalue weighted by Crippen LogP contribution is -2.01. The van der Waals surface area contributed by atoms with Gasteiger partial charge in [-0.3, -0.25) is 0 Å². The summed E-state index contributed by atoms with van der Waals surface area (Å²) in [6.07, 6.45) is 1.97. The lowest BCUT2D eigenvalue weighted by molar-refractivity contribution is 0.414. The summed E-state index contributed by atoms with van der Waals surface area (Å²) in [7, 11) is 1.69. The molecule has 20 heavy (non-hydrogen) atoms. The second-order valence-electron chi connectivity index (χ2n) is 4.93. The zero-order chi connectivity index (χ0) is 13.9. The summed E-state index contributed by atoms with van der Waals surface area (Å²) in [6.45, 7) is 2.89. The molecule has 0 aliphatic heterocycles. The van der Waals surface area contributed by atoms with Gasteiger partial charge in [-0.15, -0.1) is 0 Å². The maximum atomic E-state index is 5.22. The molecule has 0 radical (unpaired) electrons. The van der Waals surface area contributed by atoms with Crippen molar-refractivity contribution in [1.82, 2.24) is 4.98 Å². The number of aromatic nitrogens is 1. The van der Waals surface area contributed by atoms with E-state index in [-0.39, 0.29) is 0 Å². The van der Waals surface area contributed by atoms with E-state index in [1.54, 1.807) is 7.11 Å². The van der Waals surface area contributed by atoms with E-state index in [0.29, 0.717) is 0 Å². The Morgan fingerprint density at radius 2 is 2.00 bits per heavy atom. The van der Waals surface area contributed by atoms with E-state index in [0.717, 1.165) is 18.0 Å². The highest BCUT2D eigenvalue weighted by molar-refractivity contribution is 5.79. The van der Waals surface area contributed by atoms with Crippen molar-refractivity contribution in [2.45, 2.75) is 13.5 Å². The van der Waals surface area contributed by atoms with Crippen LogP contribution in [0.25, 0.3) is 10.9 Å². The van der Waals surface area contributed by atoms with Crippen LogP contribution in [0.1, 0.15) is 11.1 Å². The predicted molar refractivity (Wildman–Crippen MR) is 83.4 cm³/mol. The number of benzene rings is 2. The molecule has 2 aromatic carbocycles. The molecule has 1 heterocycles. The second kappa shape index (κ2) is 5.29.